The van der Waals surface area contributed by atoms with Crippen molar-refractivity contribution in [3.8, 4) is 5.75 Å². The number of fused-ring (bicyclic) bond motifs is 2. The topological polar surface area (TPSA) is 79.7 Å². The van der Waals surface area contributed by atoms with Crippen LogP contribution in [0.2, 0.25) is 0 Å². The number of carbonyl (C=O) groups is 2. The first-order chi connectivity index (χ1) is 15.5. The van der Waals surface area contributed by atoms with Crippen molar-refractivity contribution in [3.05, 3.63) is 70.9 Å². The lowest BCUT2D eigenvalue weighted by molar-refractivity contribution is -0.134. The second-order valence-electron chi connectivity index (χ2n) is 7.73. The molecule has 2 aromatic carbocycles. The number of ether oxygens (including phenoxy) is 1. The van der Waals surface area contributed by atoms with Crippen molar-refractivity contribution in [1.82, 2.24) is 9.88 Å². The maximum absolute atomic E-state index is 13.2. The van der Waals surface area contributed by atoms with Crippen molar-refractivity contribution in [1.29, 1.82) is 0 Å². The minimum absolute atomic E-state index is 0.203. The molecule has 6 nitrogen and oxygen atoms in total. The Morgan fingerprint density at radius 3 is 2.50 bits per heavy atom. The van der Waals surface area contributed by atoms with Crippen LogP contribution < -0.4 is 0 Å². The van der Waals surface area contributed by atoms with Gasteiger partial charge in [-0.2, -0.15) is 0 Å². The normalized spacial score (nSPS) is 13.9. The number of aromatic hydroxyl groups is 1. The first-order valence-corrected chi connectivity index (χ1v) is 10.9. The molecular formula is C26H26N2O4. The van der Waals surface area contributed by atoms with E-state index in [0.29, 0.717) is 30.6 Å². The van der Waals surface area contributed by atoms with Crippen LogP contribution in [-0.4, -0.2) is 46.6 Å². The quantitative estimate of drug-likeness (QED) is 0.585. The van der Waals surface area contributed by atoms with Crippen LogP contribution in [0.3, 0.4) is 0 Å². The SMILES string of the molecule is CCN(CC)C(=O)COC(=O)c1c2c(nc3ccccc13)/C(=C/c1ccc(O)cc1)CC2. The van der Waals surface area contributed by atoms with E-state index in [4.69, 9.17) is 9.72 Å². The fraction of sp³-hybridized carbons (Fsp3) is 0.269. The molecule has 1 heterocycles. The zero-order valence-electron chi connectivity index (χ0n) is 18.3. The smallest absolute Gasteiger partial charge is 0.339 e. The van der Waals surface area contributed by atoms with E-state index < -0.39 is 5.97 Å². The molecule has 1 aliphatic rings. The molecule has 0 bridgehead atoms. The van der Waals surface area contributed by atoms with Crippen molar-refractivity contribution in [2.24, 2.45) is 0 Å². The maximum Gasteiger partial charge on any atom is 0.339 e. The molecule has 32 heavy (non-hydrogen) atoms. The number of rotatable bonds is 6. The Hall–Kier alpha value is -3.67. The molecule has 0 saturated carbocycles. The van der Waals surface area contributed by atoms with Gasteiger partial charge in [-0.25, -0.2) is 9.78 Å². The number of likely N-dealkylation sites (N-methyl/N-ethyl adjacent to an activating group) is 1. The summed E-state index contributed by atoms with van der Waals surface area (Å²) in [5.41, 5.74) is 4.84. The molecule has 1 amide bonds. The molecule has 0 radical (unpaired) electrons. The number of nitrogens with zero attached hydrogens (tertiary/aromatic N) is 2. The highest BCUT2D eigenvalue weighted by Gasteiger charge is 2.28. The van der Waals surface area contributed by atoms with Gasteiger partial charge in [0, 0.05) is 18.5 Å². The minimum Gasteiger partial charge on any atom is -0.508 e. The second kappa shape index (κ2) is 9.22. The molecule has 0 unspecified atom stereocenters. The van der Waals surface area contributed by atoms with Gasteiger partial charge < -0.3 is 14.7 Å². The summed E-state index contributed by atoms with van der Waals surface area (Å²) >= 11 is 0. The van der Waals surface area contributed by atoms with E-state index in [1.54, 1.807) is 17.0 Å². The summed E-state index contributed by atoms with van der Waals surface area (Å²) in [5, 5.41) is 10.3. The van der Waals surface area contributed by atoms with E-state index in [9.17, 15) is 14.7 Å². The lowest BCUT2D eigenvalue weighted by Crippen LogP contribution is -2.34. The number of allylic oxidation sites excluding steroid dienone is 1. The Labute approximate surface area is 187 Å². The number of pyridine rings is 1. The van der Waals surface area contributed by atoms with Gasteiger partial charge in [0.15, 0.2) is 6.61 Å². The van der Waals surface area contributed by atoms with Crippen LogP contribution in [0.1, 0.15) is 47.4 Å². The van der Waals surface area contributed by atoms with Crippen molar-refractivity contribution in [3.63, 3.8) is 0 Å². The Morgan fingerprint density at radius 1 is 1.06 bits per heavy atom. The molecule has 1 aromatic heterocycles. The Balaban J connectivity index is 1.71. The van der Waals surface area contributed by atoms with Gasteiger partial charge in [-0.3, -0.25) is 4.79 Å². The van der Waals surface area contributed by atoms with E-state index in [-0.39, 0.29) is 18.3 Å². The third-order valence-electron chi connectivity index (χ3n) is 5.82. The van der Waals surface area contributed by atoms with Crippen molar-refractivity contribution >= 4 is 34.4 Å². The summed E-state index contributed by atoms with van der Waals surface area (Å²) in [6.45, 7) is 4.67. The standard InChI is InChI=1S/C26H26N2O4/c1-3-28(4-2)23(30)16-32-26(31)24-20-7-5-6-8-22(20)27-25-18(11-14-21(24)25)15-17-9-12-19(29)13-10-17/h5-10,12-13,15,29H,3-4,11,14,16H2,1-2H3/b18-15+. The van der Waals surface area contributed by atoms with E-state index in [0.717, 1.165) is 34.2 Å². The summed E-state index contributed by atoms with van der Waals surface area (Å²) in [6.07, 6.45) is 3.45. The van der Waals surface area contributed by atoms with Crippen LogP contribution in [0.25, 0.3) is 22.6 Å². The molecule has 0 fully saturated rings. The number of esters is 1. The number of carbonyl (C=O) groups excluding carboxylic acids is 2. The summed E-state index contributed by atoms with van der Waals surface area (Å²) in [7, 11) is 0. The third kappa shape index (κ3) is 4.21. The van der Waals surface area contributed by atoms with E-state index in [1.165, 1.54) is 0 Å². The summed E-state index contributed by atoms with van der Waals surface area (Å²) < 4.78 is 5.47. The number of aromatic nitrogens is 1. The van der Waals surface area contributed by atoms with Crippen molar-refractivity contribution < 1.29 is 19.4 Å². The van der Waals surface area contributed by atoms with Crippen molar-refractivity contribution in [2.45, 2.75) is 26.7 Å². The predicted octanol–water partition coefficient (Wildman–Crippen LogP) is 4.45. The highest BCUT2D eigenvalue weighted by molar-refractivity contribution is 6.07. The van der Waals surface area contributed by atoms with E-state index in [1.807, 2.05) is 56.3 Å². The van der Waals surface area contributed by atoms with Gasteiger partial charge in [0.05, 0.1) is 16.8 Å². The number of phenolic OH excluding ortho intramolecular Hbond substituents is 1. The number of hydrogen-bond acceptors (Lipinski definition) is 5. The lowest BCUT2D eigenvalue weighted by Gasteiger charge is -2.18. The number of phenols is 1. The number of amides is 1. The predicted molar refractivity (Wildman–Crippen MR) is 124 cm³/mol. The van der Waals surface area contributed by atoms with Gasteiger partial charge in [0.2, 0.25) is 0 Å². The Bertz CT molecular complexity index is 1190. The molecule has 6 heteroatoms. The van der Waals surface area contributed by atoms with Crippen LogP contribution in [0.15, 0.2) is 48.5 Å². The number of para-hydroxylation sites is 1. The summed E-state index contributed by atoms with van der Waals surface area (Å²) in [4.78, 5) is 32.0. The Morgan fingerprint density at radius 2 is 1.78 bits per heavy atom. The largest absolute Gasteiger partial charge is 0.508 e. The molecule has 0 saturated heterocycles. The second-order valence-corrected chi connectivity index (χ2v) is 7.73. The molecular weight excluding hydrogens is 404 g/mol. The monoisotopic (exact) mass is 430 g/mol. The van der Waals surface area contributed by atoms with Gasteiger partial charge in [-0.05, 0) is 67.7 Å². The van der Waals surface area contributed by atoms with Crippen LogP contribution in [0.4, 0.5) is 0 Å². The fourth-order valence-electron chi connectivity index (χ4n) is 4.15. The van der Waals surface area contributed by atoms with Crippen LogP contribution in [0, 0.1) is 0 Å². The lowest BCUT2D eigenvalue weighted by atomic mass is 10.0. The molecule has 0 atom stereocenters. The van der Waals surface area contributed by atoms with Crippen LogP contribution in [-0.2, 0) is 16.0 Å². The van der Waals surface area contributed by atoms with Gasteiger partial charge in [-0.1, -0.05) is 30.3 Å². The van der Waals surface area contributed by atoms with E-state index in [2.05, 4.69) is 0 Å². The first kappa shape index (κ1) is 21.6. The molecule has 164 valence electrons. The highest BCUT2D eigenvalue weighted by atomic mass is 16.5. The summed E-state index contributed by atoms with van der Waals surface area (Å²) in [5.74, 6) is -0.482. The average Bonchev–Trinajstić information content (AvgIpc) is 3.20. The van der Waals surface area contributed by atoms with Crippen molar-refractivity contribution in [2.75, 3.05) is 19.7 Å². The first-order valence-electron chi connectivity index (χ1n) is 10.9. The summed E-state index contributed by atoms with van der Waals surface area (Å²) in [6, 6.07) is 14.5. The molecule has 4 rings (SSSR count). The molecule has 0 spiro atoms. The zero-order chi connectivity index (χ0) is 22.7. The third-order valence-corrected chi connectivity index (χ3v) is 5.82. The van der Waals surface area contributed by atoms with Gasteiger partial charge in [0.1, 0.15) is 5.75 Å². The fourth-order valence-corrected chi connectivity index (χ4v) is 4.15. The molecule has 3 aromatic rings. The van der Waals surface area contributed by atoms with Gasteiger partial charge in [-0.15, -0.1) is 0 Å². The number of hydrogen-bond donors (Lipinski definition) is 1. The van der Waals surface area contributed by atoms with Gasteiger partial charge in [0.25, 0.3) is 5.91 Å². The molecule has 0 aliphatic heterocycles. The average molecular weight is 431 g/mol. The molecule has 1 aliphatic carbocycles. The zero-order valence-corrected chi connectivity index (χ0v) is 18.3. The van der Waals surface area contributed by atoms with Crippen LogP contribution in [0.5, 0.6) is 5.75 Å². The van der Waals surface area contributed by atoms with Gasteiger partial charge >= 0.3 is 5.97 Å². The highest BCUT2D eigenvalue weighted by Crippen LogP contribution is 2.37. The van der Waals surface area contributed by atoms with E-state index >= 15 is 0 Å². The number of benzene rings is 2. The maximum atomic E-state index is 13.2. The minimum atomic E-state index is -0.494. The van der Waals surface area contributed by atoms with Crippen LogP contribution >= 0.6 is 0 Å². The Kier molecular flexibility index (Phi) is 6.21. The molecule has 1 N–H and O–H groups in total.